The largest absolute Gasteiger partial charge is 0.313 e. The number of aromatic amines is 1. The van der Waals surface area contributed by atoms with Gasteiger partial charge in [-0.2, -0.15) is 5.10 Å². The fourth-order valence-corrected chi connectivity index (χ4v) is 4.93. The molecule has 0 amide bonds. The summed E-state index contributed by atoms with van der Waals surface area (Å²) in [6.45, 7) is 4.09. The van der Waals surface area contributed by atoms with Gasteiger partial charge in [0, 0.05) is 29.4 Å². The summed E-state index contributed by atoms with van der Waals surface area (Å²) < 4.78 is 1.95. The van der Waals surface area contributed by atoms with E-state index in [0.717, 1.165) is 37.7 Å². The molecule has 1 aliphatic heterocycles. The number of hydrogen-bond donors (Lipinski definition) is 1. The lowest BCUT2D eigenvalue weighted by Gasteiger charge is -2.31. The molecule has 0 radical (unpaired) electrons. The highest BCUT2D eigenvalue weighted by Gasteiger charge is 2.21. The number of nitrogens with zero attached hydrogens (tertiary/aromatic N) is 5. The van der Waals surface area contributed by atoms with E-state index in [1.165, 1.54) is 24.0 Å². The quantitative estimate of drug-likeness (QED) is 0.551. The summed E-state index contributed by atoms with van der Waals surface area (Å²) in [6, 6.07) is 6.10. The second-order valence-electron chi connectivity index (χ2n) is 7.41. The smallest absolute Gasteiger partial charge is 0.258 e. The Hall–Kier alpha value is -2.84. The SMILES string of the molecule is O=c1[nH]cnc2c(-c3cnn(CCN4CCC(c5cccs5)CC4)c3)nccc12. The summed E-state index contributed by atoms with van der Waals surface area (Å²) >= 11 is 1.88. The van der Waals surface area contributed by atoms with Crippen molar-refractivity contribution in [3.05, 3.63) is 63.7 Å². The molecule has 5 heterocycles. The monoisotopic (exact) mass is 406 g/mol. The zero-order valence-electron chi connectivity index (χ0n) is 16.0. The van der Waals surface area contributed by atoms with Crippen LogP contribution in [0.15, 0.2) is 53.3 Å². The van der Waals surface area contributed by atoms with Crippen LogP contribution in [0.1, 0.15) is 23.6 Å². The van der Waals surface area contributed by atoms with Crippen LogP contribution < -0.4 is 5.56 Å². The first-order valence-electron chi connectivity index (χ1n) is 9.89. The van der Waals surface area contributed by atoms with Gasteiger partial charge in [0.15, 0.2) is 0 Å². The van der Waals surface area contributed by atoms with Crippen LogP contribution in [-0.2, 0) is 6.54 Å². The molecule has 0 aliphatic carbocycles. The van der Waals surface area contributed by atoms with Crippen LogP contribution in [0.3, 0.4) is 0 Å². The van der Waals surface area contributed by atoms with Crippen LogP contribution in [0, 0.1) is 0 Å². The molecule has 1 saturated heterocycles. The maximum Gasteiger partial charge on any atom is 0.258 e. The van der Waals surface area contributed by atoms with Gasteiger partial charge >= 0.3 is 0 Å². The first-order valence-corrected chi connectivity index (χ1v) is 10.8. The number of nitrogens with one attached hydrogen (secondary N) is 1. The van der Waals surface area contributed by atoms with Crippen molar-refractivity contribution in [3.63, 3.8) is 0 Å². The van der Waals surface area contributed by atoms with E-state index in [4.69, 9.17) is 0 Å². The molecule has 4 aromatic heterocycles. The molecule has 0 saturated carbocycles. The van der Waals surface area contributed by atoms with Crippen molar-refractivity contribution in [2.24, 2.45) is 0 Å². The van der Waals surface area contributed by atoms with E-state index >= 15 is 0 Å². The van der Waals surface area contributed by atoms with Gasteiger partial charge in [-0.1, -0.05) is 6.07 Å². The van der Waals surface area contributed by atoms with E-state index in [9.17, 15) is 4.79 Å². The Morgan fingerprint density at radius 3 is 2.90 bits per heavy atom. The van der Waals surface area contributed by atoms with E-state index in [1.54, 1.807) is 18.5 Å². The lowest BCUT2D eigenvalue weighted by atomic mass is 9.95. The molecule has 8 heteroatoms. The van der Waals surface area contributed by atoms with Gasteiger partial charge in [-0.05, 0) is 49.4 Å². The molecule has 0 spiro atoms. The lowest BCUT2D eigenvalue weighted by Crippen LogP contribution is -2.35. The summed E-state index contributed by atoms with van der Waals surface area (Å²) in [6.07, 6.45) is 9.30. The molecule has 5 rings (SSSR count). The van der Waals surface area contributed by atoms with Crippen molar-refractivity contribution in [2.75, 3.05) is 19.6 Å². The maximum absolute atomic E-state index is 12.0. The Labute approximate surface area is 172 Å². The Kier molecular flexibility index (Phi) is 4.95. The first kappa shape index (κ1) is 18.2. The molecule has 4 aromatic rings. The van der Waals surface area contributed by atoms with Crippen LogP contribution in [0.5, 0.6) is 0 Å². The van der Waals surface area contributed by atoms with Crippen LogP contribution in [0.2, 0.25) is 0 Å². The highest BCUT2D eigenvalue weighted by molar-refractivity contribution is 7.10. The third-order valence-corrected chi connectivity index (χ3v) is 6.68. The molecule has 0 atom stereocenters. The third kappa shape index (κ3) is 3.73. The van der Waals surface area contributed by atoms with Crippen LogP contribution in [0.25, 0.3) is 22.2 Å². The number of pyridine rings is 1. The van der Waals surface area contributed by atoms with Gasteiger partial charge in [-0.15, -0.1) is 11.3 Å². The highest BCUT2D eigenvalue weighted by atomic mass is 32.1. The van der Waals surface area contributed by atoms with Crippen molar-refractivity contribution in [1.82, 2.24) is 29.6 Å². The van der Waals surface area contributed by atoms with Crippen LogP contribution in [0.4, 0.5) is 0 Å². The predicted molar refractivity (Wildman–Crippen MR) is 114 cm³/mol. The van der Waals surface area contributed by atoms with Gasteiger partial charge < -0.3 is 9.88 Å². The minimum absolute atomic E-state index is 0.156. The van der Waals surface area contributed by atoms with Gasteiger partial charge in [-0.3, -0.25) is 14.5 Å². The number of hydrogen-bond acceptors (Lipinski definition) is 6. The lowest BCUT2D eigenvalue weighted by molar-refractivity contribution is 0.204. The van der Waals surface area contributed by atoms with Gasteiger partial charge in [0.1, 0.15) is 5.52 Å². The average molecular weight is 407 g/mol. The molecule has 0 unspecified atom stereocenters. The zero-order valence-corrected chi connectivity index (χ0v) is 16.8. The molecule has 148 valence electrons. The number of rotatable bonds is 5. The van der Waals surface area contributed by atoms with Crippen LogP contribution in [-0.4, -0.2) is 49.3 Å². The van der Waals surface area contributed by atoms with Crippen LogP contribution >= 0.6 is 11.3 Å². The second kappa shape index (κ2) is 7.88. The Morgan fingerprint density at radius 2 is 2.07 bits per heavy atom. The van der Waals surface area contributed by atoms with Crippen molar-refractivity contribution >= 4 is 22.2 Å². The summed E-state index contributed by atoms with van der Waals surface area (Å²) in [7, 11) is 0. The fourth-order valence-electron chi connectivity index (χ4n) is 4.03. The number of piperidine rings is 1. The second-order valence-corrected chi connectivity index (χ2v) is 8.39. The Morgan fingerprint density at radius 1 is 1.17 bits per heavy atom. The van der Waals surface area contributed by atoms with Gasteiger partial charge in [0.2, 0.25) is 0 Å². The average Bonchev–Trinajstić information content (AvgIpc) is 3.45. The third-order valence-electron chi connectivity index (χ3n) is 5.64. The predicted octanol–water partition coefficient (Wildman–Crippen LogP) is 3.12. The van der Waals surface area contributed by atoms with E-state index in [-0.39, 0.29) is 5.56 Å². The number of H-pyrrole nitrogens is 1. The normalized spacial score (nSPS) is 15.9. The summed E-state index contributed by atoms with van der Waals surface area (Å²) in [4.78, 5) is 27.4. The van der Waals surface area contributed by atoms with E-state index in [0.29, 0.717) is 16.6 Å². The zero-order chi connectivity index (χ0) is 19.6. The maximum atomic E-state index is 12.0. The molecule has 0 aromatic carbocycles. The molecular formula is C21H22N6OS. The van der Waals surface area contributed by atoms with E-state index < -0.39 is 0 Å². The number of fused-ring (bicyclic) bond motifs is 1. The Balaban J connectivity index is 1.24. The van der Waals surface area contributed by atoms with Crippen molar-refractivity contribution in [2.45, 2.75) is 25.3 Å². The molecule has 1 aliphatic rings. The van der Waals surface area contributed by atoms with Crippen molar-refractivity contribution in [1.29, 1.82) is 0 Å². The summed E-state index contributed by atoms with van der Waals surface area (Å²) in [5.41, 5.74) is 2.02. The summed E-state index contributed by atoms with van der Waals surface area (Å²) in [5, 5.41) is 7.21. The Bertz CT molecular complexity index is 1160. The molecule has 0 bridgehead atoms. The van der Waals surface area contributed by atoms with E-state index in [2.05, 4.69) is 42.5 Å². The van der Waals surface area contributed by atoms with Crippen molar-refractivity contribution in [3.8, 4) is 11.3 Å². The standard InChI is InChI=1S/C21H22N6OS/c28-21-17-3-6-22-19(20(17)23-14-24-21)16-12-25-27(13-16)10-9-26-7-4-15(5-8-26)18-2-1-11-29-18/h1-3,6,11-15H,4-5,7-10H2,(H,23,24,28). The highest BCUT2D eigenvalue weighted by Crippen LogP contribution is 2.31. The molecule has 7 nitrogen and oxygen atoms in total. The molecule has 1 fully saturated rings. The topological polar surface area (TPSA) is 79.7 Å². The van der Waals surface area contributed by atoms with Gasteiger partial charge in [0.05, 0.1) is 30.1 Å². The fraction of sp³-hybridized carbons (Fsp3) is 0.333. The number of aromatic nitrogens is 5. The molecule has 1 N–H and O–H groups in total. The van der Waals surface area contributed by atoms with Gasteiger partial charge in [0.25, 0.3) is 5.56 Å². The van der Waals surface area contributed by atoms with E-state index in [1.807, 2.05) is 22.2 Å². The minimum atomic E-state index is -0.156. The summed E-state index contributed by atoms with van der Waals surface area (Å²) in [5.74, 6) is 0.718. The number of likely N-dealkylation sites (tertiary alicyclic amines) is 1. The number of thiophene rings is 1. The molecular weight excluding hydrogens is 384 g/mol. The molecule has 29 heavy (non-hydrogen) atoms. The van der Waals surface area contributed by atoms with Gasteiger partial charge in [-0.25, -0.2) is 4.98 Å². The van der Waals surface area contributed by atoms with Crippen molar-refractivity contribution < 1.29 is 0 Å². The minimum Gasteiger partial charge on any atom is -0.313 e. The first-order chi connectivity index (χ1) is 14.3.